The van der Waals surface area contributed by atoms with E-state index in [-0.39, 0.29) is 28.1 Å². The number of hydrogen-bond acceptors (Lipinski definition) is 4. The SMILES string of the molecule is Cc1cc(NC(=O)c2cc(Cl)ccc2F)n([C@@H]2CCS(=O)(=O)C2)n1. The molecule has 0 spiro atoms. The molecule has 9 heteroatoms. The Hall–Kier alpha value is -1.93. The van der Waals surface area contributed by atoms with Gasteiger partial charge in [0.2, 0.25) is 0 Å². The molecule has 1 aliphatic rings. The Morgan fingerprint density at radius 2 is 2.17 bits per heavy atom. The molecule has 1 saturated heterocycles. The van der Waals surface area contributed by atoms with Crippen molar-refractivity contribution in [3.8, 4) is 0 Å². The largest absolute Gasteiger partial charge is 0.307 e. The molecule has 128 valence electrons. The summed E-state index contributed by atoms with van der Waals surface area (Å²) in [7, 11) is -3.10. The van der Waals surface area contributed by atoms with Crippen molar-refractivity contribution >= 4 is 33.2 Å². The molecule has 6 nitrogen and oxygen atoms in total. The Morgan fingerprint density at radius 1 is 1.42 bits per heavy atom. The van der Waals surface area contributed by atoms with Crippen LogP contribution in [-0.2, 0) is 9.84 Å². The first-order chi connectivity index (χ1) is 11.2. The van der Waals surface area contributed by atoms with Gasteiger partial charge in [0.15, 0.2) is 9.84 Å². The zero-order valence-electron chi connectivity index (χ0n) is 12.8. The number of nitrogens with one attached hydrogen (secondary N) is 1. The molecule has 0 saturated carbocycles. The van der Waals surface area contributed by atoms with Crippen LogP contribution >= 0.6 is 11.6 Å². The summed E-state index contributed by atoms with van der Waals surface area (Å²) in [5.41, 5.74) is 0.438. The number of benzene rings is 1. The number of sulfone groups is 1. The lowest BCUT2D eigenvalue weighted by Gasteiger charge is -2.14. The van der Waals surface area contributed by atoms with Gasteiger partial charge in [0.25, 0.3) is 5.91 Å². The van der Waals surface area contributed by atoms with Crippen molar-refractivity contribution in [1.29, 1.82) is 0 Å². The predicted molar refractivity (Wildman–Crippen MR) is 88.6 cm³/mol. The van der Waals surface area contributed by atoms with Crippen LogP contribution in [0.4, 0.5) is 10.2 Å². The molecule has 0 aliphatic carbocycles. The molecule has 0 unspecified atom stereocenters. The summed E-state index contributed by atoms with van der Waals surface area (Å²) in [6.07, 6.45) is 0.428. The molecular weight excluding hydrogens is 357 g/mol. The summed E-state index contributed by atoms with van der Waals surface area (Å²) < 4.78 is 38.6. The van der Waals surface area contributed by atoms with Crippen LogP contribution in [0.5, 0.6) is 0 Å². The molecule has 1 aromatic carbocycles. The van der Waals surface area contributed by atoms with E-state index in [1.807, 2.05) is 0 Å². The maximum Gasteiger partial charge on any atom is 0.259 e. The standard InChI is InChI=1S/C15H15ClFN3O3S/c1-9-6-14(20(19-9)11-4-5-24(22,23)8-11)18-15(21)12-7-10(16)2-3-13(12)17/h2-3,6-7,11H,4-5,8H2,1H3,(H,18,21)/t11-/m1/s1. The number of aromatic nitrogens is 2. The van der Waals surface area contributed by atoms with Crippen LogP contribution in [0.25, 0.3) is 0 Å². The Bertz CT molecular complexity index is 911. The van der Waals surface area contributed by atoms with Crippen LogP contribution < -0.4 is 5.32 Å². The third-order valence-electron chi connectivity index (χ3n) is 3.83. The van der Waals surface area contributed by atoms with Gasteiger partial charge >= 0.3 is 0 Å². The van der Waals surface area contributed by atoms with E-state index in [1.54, 1.807) is 13.0 Å². The fourth-order valence-electron chi connectivity index (χ4n) is 2.71. The van der Waals surface area contributed by atoms with Crippen molar-refractivity contribution in [2.75, 3.05) is 16.8 Å². The smallest absolute Gasteiger partial charge is 0.259 e. The molecule has 1 atom stereocenters. The summed E-state index contributed by atoms with van der Waals surface area (Å²) in [5.74, 6) is -0.964. The Morgan fingerprint density at radius 3 is 2.83 bits per heavy atom. The summed E-state index contributed by atoms with van der Waals surface area (Å²) in [5, 5.41) is 7.09. The third-order valence-corrected chi connectivity index (χ3v) is 5.81. The lowest BCUT2D eigenvalue weighted by molar-refractivity contribution is 0.102. The van der Waals surface area contributed by atoms with Gasteiger partial charge in [-0.15, -0.1) is 0 Å². The number of amides is 1. The van der Waals surface area contributed by atoms with E-state index in [2.05, 4.69) is 10.4 Å². The second-order valence-electron chi connectivity index (χ2n) is 5.75. The first kappa shape index (κ1) is 16.9. The van der Waals surface area contributed by atoms with Gasteiger partial charge in [-0.05, 0) is 31.5 Å². The van der Waals surface area contributed by atoms with E-state index >= 15 is 0 Å². The van der Waals surface area contributed by atoms with Crippen LogP contribution in [-0.4, -0.2) is 35.6 Å². The lowest BCUT2D eigenvalue weighted by atomic mass is 10.2. The Kier molecular flexibility index (Phi) is 4.35. The van der Waals surface area contributed by atoms with Gasteiger partial charge in [0, 0.05) is 11.1 Å². The maximum atomic E-state index is 13.8. The highest BCUT2D eigenvalue weighted by Crippen LogP contribution is 2.27. The van der Waals surface area contributed by atoms with Crippen molar-refractivity contribution < 1.29 is 17.6 Å². The molecule has 1 aromatic heterocycles. The van der Waals surface area contributed by atoms with Crippen LogP contribution in [0, 0.1) is 12.7 Å². The summed E-state index contributed by atoms with van der Waals surface area (Å²) in [4.78, 5) is 12.3. The van der Waals surface area contributed by atoms with Crippen molar-refractivity contribution in [3.05, 3.63) is 46.4 Å². The maximum absolute atomic E-state index is 13.8. The molecule has 0 bridgehead atoms. The first-order valence-corrected chi connectivity index (χ1v) is 9.48. The van der Waals surface area contributed by atoms with Crippen LogP contribution in [0.1, 0.15) is 28.5 Å². The molecule has 0 radical (unpaired) electrons. The van der Waals surface area contributed by atoms with Crippen molar-refractivity contribution in [3.63, 3.8) is 0 Å². The van der Waals surface area contributed by atoms with E-state index in [1.165, 1.54) is 16.8 Å². The minimum atomic E-state index is -3.10. The zero-order valence-corrected chi connectivity index (χ0v) is 14.4. The van der Waals surface area contributed by atoms with Crippen molar-refractivity contribution in [1.82, 2.24) is 9.78 Å². The first-order valence-electron chi connectivity index (χ1n) is 7.28. The fourth-order valence-corrected chi connectivity index (χ4v) is 4.58. The zero-order chi connectivity index (χ0) is 17.5. The highest BCUT2D eigenvalue weighted by Gasteiger charge is 2.31. The molecule has 1 aliphatic heterocycles. The molecular formula is C15H15ClFN3O3S. The molecule has 1 amide bonds. The topological polar surface area (TPSA) is 81.1 Å². The number of aryl methyl sites for hydroxylation is 1. The molecule has 1 fully saturated rings. The molecule has 2 heterocycles. The van der Waals surface area contributed by atoms with E-state index in [0.717, 1.165) is 6.07 Å². The number of anilines is 1. The number of carbonyl (C=O) groups is 1. The average Bonchev–Trinajstić information content (AvgIpc) is 3.03. The molecule has 24 heavy (non-hydrogen) atoms. The van der Waals surface area contributed by atoms with Gasteiger partial charge in [-0.2, -0.15) is 5.10 Å². The number of hydrogen-bond donors (Lipinski definition) is 1. The number of rotatable bonds is 3. The quantitative estimate of drug-likeness (QED) is 0.899. The van der Waals surface area contributed by atoms with E-state index in [4.69, 9.17) is 11.6 Å². The molecule has 1 N–H and O–H groups in total. The summed E-state index contributed by atoms with van der Waals surface area (Å²) in [6.45, 7) is 1.73. The minimum absolute atomic E-state index is 0.0253. The second-order valence-corrected chi connectivity index (χ2v) is 8.42. The second kappa shape index (κ2) is 6.18. The van der Waals surface area contributed by atoms with Crippen LogP contribution in [0.2, 0.25) is 5.02 Å². The minimum Gasteiger partial charge on any atom is -0.307 e. The van der Waals surface area contributed by atoms with E-state index < -0.39 is 21.6 Å². The van der Waals surface area contributed by atoms with E-state index in [9.17, 15) is 17.6 Å². The van der Waals surface area contributed by atoms with Gasteiger partial charge in [0.05, 0.1) is 28.8 Å². The number of nitrogens with zero attached hydrogens (tertiary/aromatic N) is 2. The number of carbonyl (C=O) groups excluding carboxylic acids is 1. The molecule has 3 rings (SSSR count). The number of halogens is 2. The predicted octanol–water partition coefficient (Wildman–Crippen LogP) is 2.60. The van der Waals surface area contributed by atoms with Crippen LogP contribution in [0.15, 0.2) is 24.3 Å². The van der Waals surface area contributed by atoms with Crippen molar-refractivity contribution in [2.45, 2.75) is 19.4 Å². The van der Waals surface area contributed by atoms with Gasteiger partial charge in [-0.25, -0.2) is 17.5 Å². The molecule has 2 aromatic rings. The van der Waals surface area contributed by atoms with Gasteiger partial charge in [0.1, 0.15) is 11.6 Å². The average molecular weight is 372 g/mol. The Balaban J connectivity index is 1.88. The van der Waals surface area contributed by atoms with Gasteiger partial charge in [-0.1, -0.05) is 11.6 Å². The third kappa shape index (κ3) is 3.44. The lowest BCUT2D eigenvalue weighted by Crippen LogP contribution is -2.20. The monoisotopic (exact) mass is 371 g/mol. The van der Waals surface area contributed by atoms with Crippen LogP contribution in [0.3, 0.4) is 0 Å². The highest BCUT2D eigenvalue weighted by molar-refractivity contribution is 7.91. The normalized spacial score (nSPS) is 19.4. The van der Waals surface area contributed by atoms with E-state index in [0.29, 0.717) is 17.9 Å². The summed E-state index contributed by atoms with van der Waals surface area (Å²) >= 11 is 5.80. The van der Waals surface area contributed by atoms with Gasteiger partial charge in [-0.3, -0.25) is 4.79 Å². The summed E-state index contributed by atoms with van der Waals surface area (Å²) in [6, 6.07) is 4.98. The fraction of sp³-hybridized carbons (Fsp3) is 0.333. The van der Waals surface area contributed by atoms with Gasteiger partial charge < -0.3 is 5.32 Å². The van der Waals surface area contributed by atoms with Crippen molar-refractivity contribution in [2.24, 2.45) is 0 Å². The Labute approximate surface area is 143 Å². The highest BCUT2D eigenvalue weighted by atomic mass is 35.5.